The van der Waals surface area contributed by atoms with E-state index < -0.39 is 167 Å². The van der Waals surface area contributed by atoms with Gasteiger partial charge < -0.3 is 105 Å². The van der Waals surface area contributed by atoms with Crippen LogP contribution in [0.3, 0.4) is 0 Å². The number of ether oxygens (including phenoxy) is 7. The van der Waals surface area contributed by atoms with E-state index in [4.69, 9.17) is 33.2 Å². The maximum Gasteiger partial charge on any atom is 0.187 e. The molecule has 3 saturated heterocycles. The molecule has 0 aromatic carbocycles. The zero-order valence-corrected chi connectivity index (χ0v) is 40.9. The smallest absolute Gasteiger partial charge is 0.187 e. The molecule has 0 radical (unpaired) electrons. The first-order chi connectivity index (χ1) is 33.3. The standard InChI is InChI=1S/C49H84O21/c1-5-8-20(2)23-10-11-24-32-25(15-31(49(23,24)4)64-27-13-21(16-50)43(38(59)33(27)54)69-46-40(61)36(57)34(55)28(17-51)66-46)48(3)12-7-6-9-22(48)14-26(32)65-45-42(63)39(60)44(30(19-53)68-45)70-47-41(62)37(58)35(56)29(18-52)67-47/h20-47,50-63H,5-19H2,1-4H3/t20?,21?,22-,23?,24-,25?,26?,27?,28?,29?,30?,31?,32+,33?,34?,35?,36?,37?,38?,39?,40?,41?,42?,43?,44?,45?,46?,47?,48?,49?/m0/s1. The van der Waals surface area contributed by atoms with Crippen molar-refractivity contribution in [3.8, 4) is 0 Å². The topological polar surface area (TPSA) is 348 Å². The van der Waals surface area contributed by atoms with E-state index in [1.54, 1.807) is 0 Å². The average Bonchev–Trinajstić information content (AvgIpc) is 3.71. The Bertz CT molecular complexity index is 1680. The summed E-state index contributed by atoms with van der Waals surface area (Å²) in [6.45, 7) is 6.47. The molecule has 0 aromatic heterocycles. The van der Waals surface area contributed by atoms with Gasteiger partial charge in [-0.05, 0) is 85.9 Å². The lowest BCUT2D eigenvalue weighted by molar-refractivity contribution is -0.369. The first kappa shape index (κ1) is 55.4. The molecule has 30 atom stereocenters. The predicted molar refractivity (Wildman–Crippen MR) is 240 cm³/mol. The molecule has 0 spiro atoms. The minimum Gasteiger partial charge on any atom is -0.396 e. The number of aliphatic hydroxyl groups is 14. The molecular weight excluding hydrogens is 925 g/mol. The van der Waals surface area contributed by atoms with E-state index in [-0.39, 0.29) is 47.3 Å². The molecule has 8 fully saturated rings. The van der Waals surface area contributed by atoms with Gasteiger partial charge in [-0.1, -0.05) is 53.4 Å². The van der Waals surface area contributed by atoms with Crippen molar-refractivity contribution in [2.75, 3.05) is 26.4 Å². The number of hydrogen-bond donors (Lipinski definition) is 14. The van der Waals surface area contributed by atoms with Gasteiger partial charge in [0.2, 0.25) is 0 Å². The molecule has 3 aliphatic heterocycles. The second-order valence-electron chi connectivity index (χ2n) is 22.8. The highest BCUT2D eigenvalue weighted by molar-refractivity contribution is 5.15. The van der Waals surface area contributed by atoms with Gasteiger partial charge in [0.15, 0.2) is 18.9 Å². The molecule has 14 N–H and O–H groups in total. The number of aliphatic hydroxyl groups excluding tert-OH is 14. The fourth-order valence-electron chi connectivity index (χ4n) is 15.3. The van der Waals surface area contributed by atoms with Crippen LogP contribution in [0.2, 0.25) is 0 Å². The van der Waals surface area contributed by atoms with Gasteiger partial charge in [-0.2, -0.15) is 0 Å². The molecule has 3 heterocycles. The normalized spacial score (nSPS) is 54.5. The van der Waals surface area contributed by atoms with Crippen LogP contribution < -0.4 is 0 Å². The zero-order chi connectivity index (χ0) is 50.7. The number of fused-ring (bicyclic) bond motifs is 5. The summed E-state index contributed by atoms with van der Waals surface area (Å²) in [5.74, 6) is -0.191. The van der Waals surface area contributed by atoms with Gasteiger partial charge in [0.05, 0.1) is 44.2 Å². The number of rotatable bonds is 15. The highest BCUT2D eigenvalue weighted by Gasteiger charge is 2.68. The van der Waals surface area contributed by atoms with Crippen molar-refractivity contribution in [2.45, 2.75) is 227 Å². The van der Waals surface area contributed by atoms with Crippen LogP contribution in [-0.2, 0) is 33.2 Å². The summed E-state index contributed by atoms with van der Waals surface area (Å²) in [5.41, 5.74) is -0.646. The Morgan fingerprint density at radius 3 is 1.67 bits per heavy atom. The Morgan fingerprint density at radius 2 is 1.09 bits per heavy atom. The quantitative estimate of drug-likeness (QED) is 0.0747. The van der Waals surface area contributed by atoms with E-state index in [1.807, 2.05) is 0 Å². The molecule has 70 heavy (non-hydrogen) atoms. The van der Waals surface area contributed by atoms with Crippen molar-refractivity contribution in [3.05, 3.63) is 0 Å². The van der Waals surface area contributed by atoms with Crippen molar-refractivity contribution in [2.24, 2.45) is 52.3 Å². The lowest BCUT2D eigenvalue weighted by atomic mass is 9.43. The molecule has 5 saturated carbocycles. The van der Waals surface area contributed by atoms with Gasteiger partial charge >= 0.3 is 0 Å². The van der Waals surface area contributed by atoms with E-state index in [9.17, 15) is 71.5 Å². The van der Waals surface area contributed by atoms with Crippen LogP contribution in [0.15, 0.2) is 0 Å². The third kappa shape index (κ3) is 9.80. The molecule has 5 aliphatic carbocycles. The molecular formula is C49H84O21. The highest BCUT2D eigenvalue weighted by Crippen LogP contribution is 2.70. The summed E-state index contributed by atoms with van der Waals surface area (Å²) in [6.07, 6.45) is -21.1. The highest BCUT2D eigenvalue weighted by atomic mass is 16.7. The molecule has 21 heteroatoms. The summed E-state index contributed by atoms with van der Waals surface area (Å²) < 4.78 is 43.4. The van der Waals surface area contributed by atoms with Crippen LogP contribution in [0, 0.1) is 52.3 Å². The maximum atomic E-state index is 12.0. The molecule has 0 bridgehead atoms. The van der Waals surface area contributed by atoms with Crippen LogP contribution in [0.5, 0.6) is 0 Å². The van der Waals surface area contributed by atoms with E-state index in [0.29, 0.717) is 12.8 Å². The van der Waals surface area contributed by atoms with Crippen LogP contribution in [0.4, 0.5) is 0 Å². The minimum absolute atomic E-state index is 0.00776. The van der Waals surface area contributed by atoms with E-state index in [0.717, 1.165) is 51.4 Å². The Kier molecular flexibility index (Phi) is 17.7. The van der Waals surface area contributed by atoms with Gasteiger partial charge in [0.1, 0.15) is 85.5 Å². The maximum absolute atomic E-state index is 12.0. The first-order valence-corrected chi connectivity index (χ1v) is 26.1. The predicted octanol–water partition coefficient (Wildman–Crippen LogP) is -2.63. The molecule has 27 unspecified atom stereocenters. The minimum atomic E-state index is -1.80. The van der Waals surface area contributed by atoms with Crippen molar-refractivity contribution in [1.29, 1.82) is 0 Å². The lowest BCUT2D eigenvalue weighted by Crippen LogP contribution is -2.67. The molecule has 0 aromatic rings. The Morgan fingerprint density at radius 1 is 0.529 bits per heavy atom. The van der Waals surface area contributed by atoms with Crippen molar-refractivity contribution in [3.63, 3.8) is 0 Å². The average molecular weight is 1010 g/mol. The van der Waals surface area contributed by atoms with Gasteiger partial charge in [-0.15, -0.1) is 0 Å². The third-order valence-electron chi connectivity index (χ3n) is 19.2. The number of hydrogen-bond acceptors (Lipinski definition) is 21. The van der Waals surface area contributed by atoms with Gasteiger partial charge in [-0.25, -0.2) is 0 Å². The fourth-order valence-corrected chi connectivity index (χ4v) is 15.3. The summed E-state index contributed by atoms with van der Waals surface area (Å²) in [6, 6.07) is 0. The van der Waals surface area contributed by atoms with Crippen LogP contribution in [0.25, 0.3) is 0 Å². The Labute approximate surface area is 409 Å². The molecule has 21 nitrogen and oxygen atoms in total. The zero-order valence-electron chi connectivity index (χ0n) is 40.9. The van der Waals surface area contributed by atoms with Gasteiger partial charge in [-0.3, -0.25) is 0 Å². The SMILES string of the molecule is CCCC(C)C1CC[C@H]2[C@H]3C(OC4OC(CO)C(OC5OC(CO)C(O)C(O)C5O)C(O)C4O)C[C@@H]4CCCCC4(C)C3CC(OC3CC(CO)C(OC4OC(CO)C(O)C(O)C4O)C(O)C3O)C12C. The second-order valence-corrected chi connectivity index (χ2v) is 22.8. The summed E-state index contributed by atoms with van der Waals surface area (Å²) >= 11 is 0. The van der Waals surface area contributed by atoms with Gasteiger partial charge in [0, 0.05) is 17.9 Å². The summed E-state index contributed by atoms with van der Waals surface area (Å²) in [5, 5.41) is 151. The summed E-state index contributed by atoms with van der Waals surface area (Å²) in [7, 11) is 0. The van der Waals surface area contributed by atoms with Crippen molar-refractivity contribution < 1.29 is 105 Å². The second kappa shape index (κ2) is 22.4. The Hall–Kier alpha value is -0.840. The van der Waals surface area contributed by atoms with Crippen molar-refractivity contribution in [1.82, 2.24) is 0 Å². The molecule has 0 amide bonds. The van der Waals surface area contributed by atoms with E-state index >= 15 is 0 Å². The third-order valence-corrected chi connectivity index (χ3v) is 19.2. The molecule has 8 aliphatic rings. The van der Waals surface area contributed by atoms with Crippen molar-refractivity contribution >= 4 is 0 Å². The van der Waals surface area contributed by atoms with E-state index in [1.165, 1.54) is 0 Å². The molecule has 406 valence electrons. The fraction of sp³-hybridized carbons (Fsp3) is 1.00. The Balaban J connectivity index is 1.06. The monoisotopic (exact) mass is 1010 g/mol. The largest absolute Gasteiger partial charge is 0.396 e. The first-order valence-electron chi connectivity index (χ1n) is 26.1. The summed E-state index contributed by atoms with van der Waals surface area (Å²) in [4.78, 5) is 0. The van der Waals surface area contributed by atoms with Gasteiger partial charge in [0.25, 0.3) is 0 Å². The van der Waals surface area contributed by atoms with Crippen LogP contribution >= 0.6 is 0 Å². The van der Waals surface area contributed by atoms with E-state index in [2.05, 4.69) is 27.7 Å². The molecule has 8 rings (SSSR count). The van der Waals surface area contributed by atoms with Crippen LogP contribution in [0.1, 0.15) is 98.3 Å². The lowest BCUT2D eigenvalue weighted by Gasteiger charge is -2.65. The van der Waals surface area contributed by atoms with Crippen LogP contribution in [-0.4, -0.2) is 227 Å².